The van der Waals surface area contributed by atoms with E-state index in [0.29, 0.717) is 36.8 Å². The highest BCUT2D eigenvalue weighted by atomic mass is 16.6. The molecule has 8 heteroatoms. The van der Waals surface area contributed by atoms with Crippen molar-refractivity contribution in [2.24, 2.45) is 5.10 Å². The summed E-state index contributed by atoms with van der Waals surface area (Å²) in [4.78, 5) is 10.3. The average molecular weight is 450 g/mol. The van der Waals surface area contributed by atoms with Crippen LogP contribution in [0.25, 0.3) is 0 Å². The highest BCUT2D eigenvalue weighted by Gasteiger charge is 2.10. The van der Waals surface area contributed by atoms with Gasteiger partial charge in [-0.3, -0.25) is 15.5 Å². The van der Waals surface area contributed by atoms with E-state index in [1.807, 2.05) is 44.2 Å². The monoisotopic (exact) mass is 449 g/mol. The lowest BCUT2D eigenvalue weighted by Gasteiger charge is -2.14. The molecule has 0 aliphatic heterocycles. The first-order chi connectivity index (χ1) is 16.0. The first kappa shape index (κ1) is 23.6. The second kappa shape index (κ2) is 11.5. The number of nitro groups is 1. The van der Waals surface area contributed by atoms with Crippen molar-refractivity contribution in [1.29, 1.82) is 0 Å². The number of anilines is 1. The standard InChI is InChI=1S/C25H27N3O5/c1-18-14-19(2)16-23(15-18)32-12-5-13-33-25-20(6-4-7-24(25)31-3)17-26-27-21-8-10-22(11-9-21)28(29)30/h4,6-11,14-17,27H,5,12-13H2,1-3H3. The van der Waals surface area contributed by atoms with Crippen molar-refractivity contribution in [1.82, 2.24) is 0 Å². The molecule has 0 aliphatic carbocycles. The lowest BCUT2D eigenvalue weighted by Crippen LogP contribution is -2.07. The molecule has 33 heavy (non-hydrogen) atoms. The second-order valence-corrected chi connectivity index (χ2v) is 7.43. The molecule has 8 nitrogen and oxygen atoms in total. The number of nitro benzene ring substituents is 1. The first-order valence-electron chi connectivity index (χ1n) is 10.5. The van der Waals surface area contributed by atoms with E-state index in [4.69, 9.17) is 14.2 Å². The molecule has 3 rings (SSSR count). The summed E-state index contributed by atoms with van der Waals surface area (Å²) in [5, 5.41) is 15.0. The Kier molecular flexibility index (Phi) is 8.24. The Bertz CT molecular complexity index is 1090. The van der Waals surface area contributed by atoms with Crippen molar-refractivity contribution in [2.45, 2.75) is 20.3 Å². The van der Waals surface area contributed by atoms with Gasteiger partial charge in [0.05, 0.1) is 37.1 Å². The lowest BCUT2D eigenvalue weighted by molar-refractivity contribution is -0.384. The molecule has 172 valence electrons. The topological polar surface area (TPSA) is 95.2 Å². The van der Waals surface area contributed by atoms with Crippen molar-refractivity contribution < 1.29 is 19.1 Å². The Morgan fingerprint density at radius 3 is 2.36 bits per heavy atom. The molecule has 0 aromatic heterocycles. The van der Waals surface area contributed by atoms with E-state index in [-0.39, 0.29) is 5.69 Å². The highest BCUT2D eigenvalue weighted by Crippen LogP contribution is 2.30. The van der Waals surface area contributed by atoms with Crippen LogP contribution < -0.4 is 19.6 Å². The molecule has 3 aromatic carbocycles. The number of nitrogens with one attached hydrogen (secondary N) is 1. The molecule has 0 saturated heterocycles. The van der Waals surface area contributed by atoms with Gasteiger partial charge in [0, 0.05) is 24.1 Å². The smallest absolute Gasteiger partial charge is 0.269 e. The van der Waals surface area contributed by atoms with Crippen molar-refractivity contribution >= 4 is 17.6 Å². The van der Waals surface area contributed by atoms with E-state index in [1.54, 1.807) is 25.5 Å². The van der Waals surface area contributed by atoms with E-state index >= 15 is 0 Å². The Morgan fingerprint density at radius 1 is 1.00 bits per heavy atom. The summed E-state index contributed by atoms with van der Waals surface area (Å²) in [6.07, 6.45) is 2.31. The van der Waals surface area contributed by atoms with E-state index in [9.17, 15) is 10.1 Å². The van der Waals surface area contributed by atoms with Crippen molar-refractivity contribution in [3.8, 4) is 17.2 Å². The maximum atomic E-state index is 10.8. The van der Waals surface area contributed by atoms with Gasteiger partial charge in [0.15, 0.2) is 11.5 Å². The van der Waals surface area contributed by atoms with Gasteiger partial charge in [-0.25, -0.2) is 0 Å². The molecule has 0 unspecified atom stereocenters. The predicted octanol–water partition coefficient (Wildman–Crippen LogP) is 5.51. The van der Waals surface area contributed by atoms with Gasteiger partial charge in [-0.05, 0) is 61.4 Å². The number of non-ortho nitro benzene ring substituents is 1. The Morgan fingerprint density at radius 2 is 1.70 bits per heavy atom. The van der Waals surface area contributed by atoms with Crippen molar-refractivity contribution in [3.63, 3.8) is 0 Å². The van der Waals surface area contributed by atoms with Crippen LogP contribution in [0, 0.1) is 24.0 Å². The number of benzene rings is 3. The summed E-state index contributed by atoms with van der Waals surface area (Å²) in [6.45, 7) is 5.07. The van der Waals surface area contributed by atoms with E-state index in [0.717, 1.165) is 11.3 Å². The fourth-order valence-corrected chi connectivity index (χ4v) is 3.22. The fourth-order valence-electron chi connectivity index (χ4n) is 3.22. The minimum atomic E-state index is -0.445. The fraction of sp³-hybridized carbons (Fsp3) is 0.240. The summed E-state index contributed by atoms with van der Waals surface area (Å²) < 4.78 is 17.3. The van der Waals surface area contributed by atoms with Gasteiger partial charge < -0.3 is 14.2 Å². The van der Waals surface area contributed by atoms with Crippen LogP contribution >= 0.6 is 0 Å². The molecule has 0 bridgehead atoms. The van der Waals surface area contributed by atoms with Crippen LogP contribution in [0.2, 0.25) is 0 Å². The zero-order valence-electron chi connectivity index (χ0n) is 18.9. The zero-order valence-corrected chi connectivity index (χ0v) is 18.9. The summed E-state index contributed by atoms with van der Waals surface area (Å²) in [5.74, 6) is 2.04. The number of hydrogen-bond donors (Lipinski definition) is 1. The molecule has 0 amide bonds. The van der Waals surface area contributed by atoms with Gasteiger partial charge in [0.1, 0.15) is 5.75 Å². The van der Waals surface area contributed by atoms with Gasteiger partial charge in [0.2, 0.25) is 0 Å². The lowest BCUT2D eigenvalue weighted by atomic mass is 10.1. The van der Waals surface area contributed by atoms with Gasteiger partial charge in [-0.1, -0.05) is 12.1 Å². The Labute approximate surface area is 193 Å². The molecule has 0 fully saturated rings. The SMILES string of the molecule is COc1cccc(C=NNc2ccc([N+](=O)[O-])cc2)c1OCCCOc1cc(C)cc(C)c1. The van der Waals surface area contributed by atoms with Gasteiger partial charge >= 0.3 is 0 Å². The second-order valence-electron chi connectivity index (χ2n) is 7.43. The third-order valence-corrected chi connectivity index (χ3v) is 4.70. The van der Waals surface area contributed by atoms with Gasteiger partial charge in [0.25, 0.3) is 5.69 Å². The molecule has 0 spiro atoms. The minimum absolute atomic E-state index is 0.0227. The van der Waals surface area contributed by atoms with Crippen LogP contribution in [-0.4, -0.2) is 31.5 Å². The zero-order chi connectivity index (χ0) is 23.6. The summed E-state index contributed by atoms with van der Waals surface area (Å²) in [7, 11) is 1.58. The summed E-state index contributed by atoms with van der Waals surface area (Å²) in [6, 6.07) is 17.7. The largest absolute Gasteiger partial charge is 0.493 e. The van der Waals surface area contributed by atoms with Crippen LogP contribution in [-0.2, 0) is 0 Å². The quantitative estimate of drug-likeness (QED) is 0.179. The van der Waals surface area contributed by atoms with Gasteiger partial charge in [-0.2, -0.15) is 5.10 Å². The molecule has 1 N–H and O–H groups in total. The molecular weight excluding hydrogens is 422 g/mol. The molecule has 3 aromatic rings. The van der Waals surface area contributed by atoms with Crippen molar-refractivity contribution in [2.75, 3.05) is 25.7 Å². The summed E-state index contributed by atoms with van der Waals surface area (Å²) in [5.41, 5.74) is 6.58. The molecule has 0 radical (unpaired) electrons. The van der Waals surface area contributed by atoms with E-state index < -0.39 is 4.92 Å². The number of methoxy groups -OCH3 is 1. The highest BCUT2D eigenvalue weighted by molar-refractivity contribution is 5.85. The molecule has 0 aliphatic rings. The molecular formula is C25H27N3O5. The molecule has 0 atom stereocenters. The number of hydrogen-bond acceptors (Lipinski definition) is 7. The maximum absolute atomic E-state index is 10.8. The van der Waals surface area contributed by atoms with E-state index in [1.165, 1.54) is 23.3 Å². The Balaban J connectivity index is 1.57. The van der Waals surface area contributed by atoms with E-state index in [2.05, 4.69) is 16.6 Å². The number of hydrazone groups is 1. The number of aryl methyl sites for hydroxylation is 2. The number of nitrogens with zero attached hydrogens (tertiary/aromatic N) is 2. The first-order valence-corrected chi connectivity index (χ1v) is 10.5. The van der Waals surface area contributed by atoms with Crippen LogP contribution in [0.5, 0.6) is 17.2 Å². The third-order valence-electron chi connectivity index (χ3n) is 4.70. The minimum Gasteiger partial charge on any atom is -0.493 e. The van der Waals surface area contributed by atoms with Crippen LogP contribution in [0.4, 0.5) is 11.4 Å². The molecule has 0 heterocycles. The third kappa shape index (κ3) is 6.96. The average Bonchev–Trinajstić information content (AvgIpc) is 2.79. The normalized spacial score (nSPS) is 10.8. The maximum Gasteiger partial charge on any atom is 0.269 e. The van der Waals surface area contributed by atoms with Crippen LogP contribution in [0.15, 0.2) is 65.8 Å². The Hall–Kier alpha value is -4.07. The van der Waals surface area contributed by atoms with Crippen LogP contribution in [0.3, 0.4) is 0 Å². The number of ether oxygens (including phenoxy) is 3. The van der Waals surface area contributed by atoms with Gasteiger partial charge in [-0.15, -0.1) is 0 Å². The van der Waals surface area contributed by atoms with Crippen molar-refractivity contribution in [3.05, 3.63) is 87.5 Å². The number of para-hydroxylation sites is 1. The summed E-state index contributed by atoms with van der Waals surface area (Å²) >= 11 is 0. The molecule has 0 saturated carbocycles. The predicted molar refractivity (Wildman–Crippen MR) is 129 cm³/mol. The van der Waals surface area contributed by atoms with Crippen LogP contribution in [0.1, 0.15) is 23.1 Å². The number of rotatable bonds is 11.